The smallest absolute Gasteiger partial charge is 0.251 e. The summed E-state index contributed by atoms with van der Waals surface area (Å²) < 4.78 is 14.3. The van der Waals surface area contributed by atoms with Gasteiger partial charge >= 0.3 is 0 Å². The molecule has 110 valence electrons. The highest BCUT2D eigenvalue weighted by Crippen LogP contribution is 2.29. The van der Waals surface area contributed by atoms with Crippen molar-refractivity contribution in [3.05, 3.63) is 61.8 Å². The number of anilines is 1. The third-order valence-electron chi connectivity index (χ3n) is 2.77. The van der Waals surface area contributed by atoms with E-state index in [1.165, 1.54) is 18.2 Å². The van der Waals surface area contributed by atoms with Gasteiger partial charge in [0.1, 0.15) is 5.82 Å². The third-order valence-corrected chi connectivity index (χ3v) is 4.08. The van der Waals surface area contributed by atoms with Gasteiger partial charge in [-0.25, -0.2) is 4.39 Å². The quantitative estimate of drug-likeness (QED) is 0.761. The van der Waals surface area contributed by atoms with Gasteiger partial charge < -0.3 is 11.1 Å². The summed E-state index contributed by atoms with van der Waals surface area (Å²) in [5.74, 6) is -0.813. The fourth-order valence-corrected chi connectivity index (χ4v) is 2.44. The minimum absolute atomic E-state index is 0.0459. The number of hydrogen-bond donors (Lipinski definition) is 2. The summed E-state index contributed by atoms with van der Waals surface area (Å²) in [4.78, 5) is 12.0. The average Bonchev–Trinajstić information content (AvgIpc) is 2.44. The molecule has 21 heavy (non-hydrogen) atoms. The van der Waals surface area contributed by atoms with Gasteiger partial charge in [0, 0.05) is 22.1 Å². The zero-order valence-electron chi connectivity index (χ0n) is 10.6. The Hall–Kier alpha value is -1.30. The molecule has 2 aromatic carbocycles. The molecule has 0 atom stereocenters. The summed E-state index contributed by atoms with van der Waals surface area (Å²) in [6.45, 7) is 0.0459. The van der Waals surface area contributed by atoms with Gasteiger partial charge in [0.2, 0.25) is 0 Å². The lowest BCUT2D eigenvalue weighted by Crippen LogP contribution is -2.23. The molecule has 0 heterocycles. The Labute approximate surface area is 139 Å². The SMILES string of the molecule is Nc1cc(C(=O)NCc2cc(Br)ccc2F)cc(Cl)c1Cl. The van der Waals surface area contributed by atoms with Crippen molar-refractivity contribution in [3.63, 3.8) is 0 Å². The van der Waals surface area contributed by atoms with Crippen LogP contribution in [0.1, 0.15) is 15.9 Å². The van der Waals surface area contributed by atoms with Gasteiger partial charge in [-0.3, -0.25) is 4.79 Å². The van der Waals surface area contributed by atoms with Crippen LogP contribution in [0.15, 0.2) is 34.8 Å². The Kier molecular flexibility index (Phi) is 5.08. The molecule has 0 fully saturated rings. The Morgan fingerprint density at radius 2 is 2.00 bits per heavy atom. The number of amides is 1. The zero-order chi connectivity index (χ0) is 15.6. The maximum atomic E-state index is 13.6. The van der Waals surface area contributed by atoms with Crippen molar-refractivity contribution < 1.29 is 9.18 Å². The molecule has 3 nitrogen and oxygen atoms in total. The minimum atomic E-state index is -0.417. The Balaban J connectivity index is 2.13. The van der Waals surface area contributed by atoms with E-state index >= 15 is 0 Å². The number of carbonyl (C=O) groups excluding carboxylic acids is 1. The first-order chi connectivity index (χ1) is 9.88. The lowest BCUT2D eigenvalue weighted by molar-refractivity contribution is 0.0950. The molecule has 0 bridgehead atoms. The summed E-state index contributed by atoms with van der Waals surface area (Å²) in [5.41, 5.74) is 6.49. The van der Waals surface area contributed by atoms with Crippen molar-refractivity contribution in [2.24, 2.45) is 0 Å². The van der Waals surface area contributed by atoms with Gasteiger partial charge in [-0.2, -0.15) is 0 Å². The largest absolute Gasteiger partial charge is 0.397 e. The molecule has 0 aliphatic heterocycles. The van der Waals surface area contributed by atoms with E-state index in [0.717, 1.165) is 4.47 Å². The van der Waals surface area contributed by atoms with Gasteiger partial charge in [0.15, 0.2) is 0 Å². The molecule has 0 saturated heterocycles. The monoisotopic (exact) mass is 390 g/mol. The highest BCUT2D eigenvalue weighted by molar-refractivity contribution is 9.10. The van der Waals surface area contributed by atoms with Crippen LogP contribution in [0.3, 0.4) is 0 Å². The summed E-state index contributed by atoms with van der Waals surface area (Å²) in [6.07, 6.45) is 0. The number of carbonyl (C=O) groups is 1. The molecule has 0 spiro atoms. The highest BCUT2D eigenvalue weighted by atomic mass is 79.9. The summed E-state index contributed by atoms with van der Waals surface area (Å²) in [5, 5.41) is 2.99. The predicted molar refractivity (Wildman–Crippen MR) is 86.1 cm³/mol. The molecule has 7 heteroatoms. The van der Waals surface area contributed by atoms with Gasteiger partial charge in [-0.1, -0.05) is 39.1 Å². The highest BCUT2D eigenvalue weighted by Gasteiger charge is 2.12. The maximum absolute atomic E-state index is 13.6. The van der Waals surface area contributed by atoms with E-state index in [2.05, 4.69) is 21.2 Å². The molecule has 3 N–H and O–H groups in total. The zero-order valence-corrected chi connectivity index (χ0v) is 13.7. The molecule has 1 amide bonds. The van der Waals surface area contributed by atoms with Crippen molar-refractivity contribution in [3.8, 4) is 0 Å². The van der Waals surface area contributed by atoms with Gasteiger partial charge in [-0.05, 0) is 30.3 Å². The fourth-order valence-electron chi connectivity index (χ4n) is 1.70. The minimum Gasteiger partial charge on any atom is -0.397 e. The van der Waals surface area contributed by atoms with E-state index in [0.29, 0.717) is 5.56 Å². The van der Waals surface area contributed by atoms with Gasteiger partial charge in [-0.15, -0.1) is 0 Å². The van der Waals surface area contributed by atoms with Crippen LogP contribution < -0.4 is 11.1 Å². The molecule has 0 aromatic heterocycles. The van der Waals surface area contributed by atoms with Crippen LogP contribution in [-0.4, -0.2) is 5.91 Å². The van der Waals surface area contributed by atoms with Crippen molar-refractivity contribution in [2.75, 3.05) is 5.73 Å². The second-order valence-electron chi connectivity index (χ2n) is 4.28. The lowest BCUT2D eigenvalue weighted by Gasteiger charge is -2.09. The number of hydrogen-bond acceptors (Lipinski definition) is 2. The first-order valence-corrected chi connectivity index (χ1v) is 7.40. The number of nitrogens with two attached hydrogens (primary N) is 1. The van der Waals surface area contributed by atoms with E-state index in [4.69, 9.17) is 28.9 Å². The molecule has 2 aromatic rings. The van der Waals surface area contributed by atoms with E-state index in [1.807, 2.05) is 0 Å². The van der Waals surface area contributed by atoms with E-state index in [9.17, 15) is 9.18 Å². The molecule has 0 saturated carbocycles. The normalized spacial score (nSPS) is 10.5. The number of rotatable bonds is 3. The van der Waals surface area contributed by atoms with E-state index in [1.54, 1.807) is 12.1 Å². The molecule has 0 aliphatic rings. The predicted octanol–water partition coefficient (Wildman–Crippen LogP) is 4.41. The van der Waals surface area contributed by atoms with Crippen molar-refractivity contribution >= 4 is 50.7 Å². The van der Waals surface area contributed by atoms with Gasteiger partial charge in [0.05, 0.1) is 15.7 Å². The molecule has 0 aliphatic carbocycles. The molecule has 0 unspecified atom stereocenters. The van der Waals surface area contributed by atoms with Crippen LogP contribution in [0.2, 0.25) is 10.0 Å². The van der Waals surface area contributed by atoms with Crippen molar-refractivity contribution in [1.82, 2.24) is 5.32 Å². The van der Waals surface area contributed by atoms with Crippen LogP contribution in [0.25, 0.3) is 0 Å². The lowest BCUT2D eigenvalue weighted by atomic mass is 10.1. The number of nitrogens with one attached hydrogen (secondary N) is 1. The van der Waals surface area contributed by atoms with Crippen LogP contribution in [0.5, 0.6) is 0 Å². The second-order valence-corrected chi connectivity index (χ2v) is 5.98. The fraction of sp³-hybridized carbons (Fsp3) is 0.0714. The Morgan fingerprint density at radius 1 is 1.29 bits per heavy atom. The van der Waals surface area contributed by atoms with E-state index in [-0.39, 0.29) is 27.8 Å². The van der Waals surface area contributed by atoms with E-state index < -0.39 is 11.7 Å². The first-order valence-electron chi connectivity index (χ1n) is 5.85. The molecular formula is C14H10BrCl2FN2O. The number of nitrogen functional groups attached to an aromatic ring is 1. The van der Waals surface area contributed by atoms with Crippen LogP contribution in [-0.2, 0) is 6.54 Å². The summed E-state index contributed by atoms with van der Waals surface area (Å²) >= 11 is 14.9. The average molecular weight is 392 g/mol. The van der Waals surface area contributed by atoms with Crippen LogP contribution >= 0.6 is 39.1 Å². The second kappa shape index (κ2) is 6.64. The summed E-state index contributed by atoms with van der Waals surface area (Å²) in [7, 11) is 0. The van der Waals surface area contributed by atoms with Crippen LogP contribution in [0, 0.1) is 5.82 Å². The number of benzene rings is 2. The van der Waals surface area contributed by atoms with Crippen molar-refractivity contribution in [2.45, 2.75) is 6.54 Å². The standard InChI is InChI=1S/C14H10BrCl2FN2O/c15-9-1-2-11(18)8(3-9)6-20-14(21)7-4-10(16)13(17)12(19)5-7/h1-5H,6,19H2,(H,20,21). The third kappa shape index (κ3) is 3.87. The topological polar surface area (TPSA) is 55.1 Å². The van der Waals surface area contributed by atoms with Crippen molar-refractivity contribution in [1.29, 1.82) is 0 Å². The Morgan fingerprint density at radius 3 is 2.67 bits per heavy atom. The first kappa shape index (κ1) is 16.1. The van der Waals surface area contributed by atoms with Gasteiger partial charge in [0.25, 0.3) is 5.91 Å². The van der Waals surface area contributed by atoms with Crippen LogP contribution in [0.4, 0.5) is 10.1 Å². The molecule has 0 radical (unpaired) electrons. The molecule has 2 rings (SSSR count). The summed E-state index contributed by atoms with van der Waals surface area (Å²) in [6, 6.07) is 7.33. The Bertz CT molecular complexity index is 686. The number of halogens is 4. The maximum Gasteiger partial charge on any atom is 0.251 e. The molecular weight excluding hydrogens is 382 g/mol.